The molecule has 0 aliphatic carbocycles. The highest BCUT2D eigenvalue weighted by atomic mass is 32.1. The van der Waals surface area contributed by atoms with E-state index in [9.17, 15) is 0 Å². The van der Waals surface area contributed by atoms with Crippen LogP contribution in [-0.2, 0) is 0 Å². The molecular formula is C9H8N2S. The number of fused-ring (bicyclic) bond motifs is 1. The maximum atomic E-state index is 4.22. The highest BCUT2D eigenvalue weighted by Gasteiger charge is 1.96. The summed E-state index contributed by atoms with van der Waals surface area (Å²) in [5, 5.41) is 1.09. The van der Waals surface area contributed by atoms with Gasteiger partial charge in [-0.1, -0.05) is 18.9 Å². The van der Waals surface area contributed by atoms with E-state index >= 15 is 0 Å². The molecule has 1 aromatic carbocycles. The number of hydrogen-bond acceptors (Lipinski definition) is 3. The summed E-state index contributed by atoms with van der Waals surface area (Å²) in [5.41, 5.74) is 1.97. The van der Waals surface area contributed by atoms with Crippen molar-refractivity contribution >= 4 is 29.4 Å². The minimum Gasteiger partial charge on any atom is -0.332 e. The Morgan fingerprint density at radius 2 is 2.08 bits per heavy atom. The molecule has 0 bridgehead atoms. The largest absolute Gasteiger partial charge is 0.332 e. The fraction of sp³-hybridized carbons (Fsp3) is 0. The molecule has 0 radical (unpaired) electrons. The zero-order valence-corrected chi connectivity index (χ0v) is 7.25. The van der Waals surface area contributed by atoms with Gasteiger partial charge >= 0.3 is 0 Å². The third-order valence-electron chi connectivity index (χ3n) is 1.77. The van der Waals surface area contributed by atoms with E-state index in [2.05, 4.69) is 22.5 Å². The van der Waals surface area contributed by atoms with Gasteiger partial charge in [-0.25, -0.2) is 0 Å². The summed E-state index contributed by atoms with van der Waals surface area (Å²) in [4.78, 5) is 4.22. The second-order valence-corrected chi connectivity index (χ2v) is 2.71. The number of rotatable bonds is 1. The Morgan fingerprint density at radius 1 is 1.17 bits per heavy atom. The zero-order valence-electron chi connectivity index (χ0n) is 6.36. The summed E-state index contributed by atoms with van der Waals surface area (Å²) in [6, 6.07) is 9.83. The fourth-order valence-corrected chi connectivity index (χ4v) is 1.40. The first-order valence-electron chi connectivity index (χ1n) is 3.65. The number of hydrogen-bond donors (Lipinski definition) is 2. The molecule has 0 fully saturated rings. The predicted octanol–water partition coefficient (Wildman–Crippen LogP) is 2.49. The molecule has 0 aliphatic rings. The molecule has 0 spiro atoms. The molecule has 3 heteroatoms. The fourth-order valence-electron chi connectivity index (χ4n) is 1.20. The van der Waals surface area contributed by atoms with Crippen LogP contribution in [0, 0.1) is 0 Å². The molecular weight excluding hydrogens is 168 g/mol. The molecule has 0 unspecified atom stereocenters. The number of pyridine rings is 1. The lowest BCUT2D eigenvalue weighted by molar-refractivity contribution is 1.41. The summed E-state index contributed by atoms with van der Waals surface area (Å²) < 4.78 is 2.82. The highest BCUT2D eigenvalue weighted by molar-refractivity contribution is 7.81. The third-order valence-corrected chi connectivity index (χ3v) is 2.01. The molecule has 2 aromatic rings. The van der Waals surface area contributed by atoms with Gasteiger partial charge in [-0.2, -0.15) is 0 Å². The van der Waals surface area contributed by atoms with Gasteiger partial charge in [0.1, 0.15) is 0 Å². The maximum absolute atomic E-state index is 4.22. The van der Waals surface area contributed by atoms with Crippen molar-refractivity contribution in [1.82, 2.24) is 4.98 Å². The molecule has 1 aromatic heterocycles. The minimum atomic E-state index is 0.983. The Morgan fingerprint density at radius 3 is 2.92 bits per heavy atom. The van der Waals surface area contributed by atoms with Crippen molar-refractivity contribution < 1.29 is 0 Å². The van der Waals surface area contributed by atoms with Crippen LogP contribution in [0.5, 0.6) is 0 Å². The Kier molecular flexibility index (Phi) is 1.87. The van der Waals surface area contributed by atoms with Gasteiger partial charge in [0.25, 0.3) is 0 Å². The molecule has 0 saturated heterocycles. The van der Waals surface area contributed by atoms with Gasteiger partial charge in [0.15, 0.2) is 0 Å². The van der Waals surface area contributed by atoms with Crippen LogP contribution in [0.3, 0.4) is 0 Å². The van der Waals surface area contributed by atoms with E-state index in [-0.39, 0.29) is 0 Å². The molecule has 2 nitrogen and oxygen atoms in total. The Balaban J connectivity index is 2.79. The predicted molar refractivity (Wildman–Crippen MR) is 54.4 cm³/mol. The number of benzene rings is 1. The monoisotopic (exact) mass is 176 g/mol. The van der Waals surface area contributed by atoms with Gasteiger partial charge in [-0.15, -0.1) is 0 Å². The average molecular weight is 176 g/mol. The van der Waals surface area contributed by atoms with Crippen LogP contribution in [0.2, 0.25) is 0 Å². The van der Waals surface area contributed by atoms with E-state index in [1.807, 2.05) is 30.3 Å². The van der Waals surface area contributed by atoms with Gasteiger partial charge in [0.2, 0.25) is 0 Å². The van der Waals surface area contributed by atoms with E-state index in [1.54, 1.807) is 6.20 Å². The highest BCUT2D eigenvalue weighted by Crippen LogP contribution is 2.21. The summed E-state index contributed by atoms with van der Waals surface area (Å²) >= 11 is 4.01. The van der Waals surface area contributed by atoms with Gasteiger partial charge in [0, 0.05) is 11.6 Å². The van der Waals surface area contributed by atoms with E-state index in [0.717, 1.165) is 16.6 Å². The molecule has 1 heterocycles. The van der Waals surface area contributed by atoms with Crippen LogP contribution in [-0.4, -0.2) is 4.98 Å². The lowest BCUT2D eigenvalue weighted by Gasteiger charge is -2.02. The van der Waals surface area contributed by atoms with E-state index in [0.29, 0.717) is 0 Å². The van der Waals surface area contributed by atoms with Crippen LogP contribution in [0.15, 0.2) is 36.5 Å². The van der Waals surface area contributed by atoms with Gasteiger partial charge in [0.05, 0.1) is 11.2 Å². The summed E-state index contributed by atoms with van der Waals surface area (Å²) in [6.07, 6.45) is 1.78. The van der Waals surface area contributed by atoms with Crippen LogP contribution >= 0.6 is 12.8 Å². The normalized spacial score (nSPS) is 10.1. The van der Waals surface area contributed by atoms with Gasteiger partial charge < -0.3 is 4.72 Å². The second-order valence-electron chi connectivity index (χ2n) is 2.49. The first-order chi connectivity index (χ1) is 5.92. The standard InChI is InChI=1S/C9H8N2S/c12-11-9-5-1-4-8-7(9)3-2-6-10-8/h1-6,11-12H. The lowest BCUT2D eigenvalue weighted by Crippen LogP contribution is -1.83. The molecule has 0 saturated carbocycles. The maximum Gasteiger partial charge on any atom is 0.0723 e. The smallest absolute Gasteiger partial charge is 0.0723 e. The van der Waals surface area contributed by atoms with Crippen molar-refractivity contribution in [2.24, 2.45) is 0 Å². The topological polar surface area (TPSA) is 24.9 Å². The molecule has 0 aliphatic heterocycles. The van der Waals surface area contributed by atoms with E-state index in [4.69, 9.17) is 0 Å². The molecule has 60 valence electrons. The number of nitrogens with zero attached hydrogens (tertiary/aromatic N) is 1. The van der Waals surface area contributed by atoms with Crippen molar-refractivity contribution in [3.05, 3.63) is 36.5 Å². The van der Waals surface area contributed by atoms with Crippen LogP contribution in [0.1, 0.15) is 0 Å². The quantitative estimate of drug-likeness (QED) is 0.652. The van der Waals surface area contributed by atoms with Crippen molar-refractivity contribution in [3.8, 4) is 0 Å². The van der Waals surface area contributed by atoms with E-state index < -0.39 is 0 Å². The summed E-state index contributed by atoms with van der Waals surface area (Å²) in [5.74, 6) is 0. The van der Waals surface area contributed by atoms with Crippen LogP contribution in [0.25, 0.3) is 10.9 Å². The second kappa shape index (κ2) is 3.03. The van der Waals surface area contributed by atoms with Gasteiger partial charge in [-0.3, -0.25) is 4.98 Å². The van der Waals surface area contributed by atoms with Crippen molar-refractivity contribution in [2.75, 3.05) is 4.72 Å². The molecule has 0 atom stereocenters. The molecule has 0 amide bonds. The first kappa shape index (κ1) is 7.43. The lowest BCUT2D eigenvalue weighted by atomic mass is 10.2. The first-order valence-corrected chi connectivity index (χ1v) is 4.10. The molecule has 1 N–H and O–H groups in total. The van der Waals surface area contributed by atoms with Gasteiger partial charge in [-0.05, 0) is 24.3 Å². The Labute approximate surface area is 76.2 Å². The number of nitrogens with one attached hydrogen (secondary N) is 1. The average Bonchev–Trinajstić information content (AvgIpc) is 2.17. The third kappa shape index (κ3) is 1.12. The van der Waals surface area contributed by atoms with E-state index in [1.165, 1.54) is 0 Å². The number of thiol groups is 1. The Hall–Kier alpha value is -1.22. The summed E-state index contributed by atoms with van der Waals surface area (Å²) in [7, 11) is 0. The minimum absolute atomic E-state index is 0.983. The van der Waals surface area contributed by atoms with Crippen molar-refractivity contribution in [2.45, 2.75) is 0 Å². The van der Waals surface area contributed by atoms with Crippen molar-refractivity contribution in [1.29, 1.82) is 0 Å². The van der Waals surface area contributed by atoms with Crippen LogP contribution < -0.4 is 4.72 Å². The Bertz CT molecular complexity index is 395. The molecule has 2 rings (SSSR count). The summed E-state index contributed by atoms with van der Waals surface area (Å²) in [6.45, 7) is 0. The molecule has 12 heavy (non-hydrogen) atoms. The zero-order chi connectivity index (χ0) is 8.39. The SMILES string of the molecule is SNc1cccc2ncccc12. The number of aromatic nitrogens is 1. The number of anilines is 1. The van der Waals surface area contributed by atoms with Crippen molar-refractivity contribution in [3.63, 3.8) is 0 Å². The van der Waals surface area contributed by atoms with Crippen LogP contribution in [0.4, 0.5) is 5.69 Å².